The van der Waals surface area contributed by atoms with E-state index < -0.39 is 0 Å². The first-order valence-corrected chi connectivity index (χ1v) is 6.44. The maximum atomic E-state index is 5.39. The fourth-order valence-corrected chi connectivity index (χ4v) is 2.39. The minimum Gasteiger partial charge on any atom is -0.493 e. The molecule has 0 fully saturated rings. The second-order valence-electron chi connectivity index (χ2n) is 4.76. The van der Waals surface area contributed by atoms with Crippen LogP contribution < -0.4 is 10.1 Å². The summed E-state index contributed by atoms with van der Waals surface area (Å²) in [5, 5.41) is 7.61. The number of hydrogen-bond donors (Lipinski definition) is 1. The Labute approximate surface area is 114 Å². The van der Waals surface area contributed by atoms with Crippen molar-refractivity contribution in [2.24, 2.45) is 7.05 Å². The van der Waals surface area contributed by atoms with Crippen molar-refractivity contribution in [2.75, 3.05) is 14.2 Å². The monoisotopic (exact) mass is 259 g/mol. The summed E-state index contributed by atoms with van der Waals surface area (Å²) in [6.07, 6.45) is 2.67. The van der Waals surface area contributed by atoms with Crippen molar-refractivity contribution in [3.8, 4) is 5.75 Å². The summed E-state index contributed by atoms with van der Waals surface area (Å²) in [6.45, 7) is 2.11. The smallest absolute Gasteiger partial charge is 0.161 e. The Kier molecular flexibility index (Phi) is 4.22. The van der Waals surface area contributed by atoms with E-state index >= 15 is 0 Å². The zero-order chi connectivity index (χ0) is 13.8. The highest BCUT2D eigenvalue weighted by atomic mass is 16.5. The average molecular weight is 259 g/mol. The van der Waals surface area contributed by atoms with E-state index in [1.54, 1.807) is 13.3 Å². The molecule has 102 valence electrons. The number of rotatable bonds is 5. The van der Waals surface area contributed by atoms with Crippen molar-refractivity contribution < 1.29 is 4.74 Å². The van der Waals surface area contributed by atoms with Crippen molar-refractivity contribution in [2.45, 2.75) is 19.4 Å². The molecule has 1 aromatic heterocycles. The molecule has 0 aliphatic carbocycles. The highest BCUT2D eigenvalue weighted by Gasteiger charge is 2.19. The topological polar surface area (TPSA) is 39.1 Å². The molecular formula is C15H21N3O. The van der Waals surface area contributed by atoms with Gasteiger partial charge in [-0.05, 0) is 26.0 Å². The first-order valence-electron chi connectivity index (χ1n) is 6.44. The van der Waals surface area contributed by atoms with Crippen LogP contribution in [0.15, 0.2) is 30.5 Å². The van der Waals surface area contributed by atoms with Crippen LogP contribution >= 0.6 is 0 Å². The van der Waals surface area contributed by atoms with Crippen molar-refractivity contribution in [3.63, 3.8) is 0 Å². The van der Waals surface area contributed by atoms with Crippen LogP contribution in [0.3, 0.4) is 0 Å². The summed E-state index contributed by atoms with van der Waals surface area (Å²) >= 11 is 0. The largest absolute Gasteiger partial charge is 0.493 e. The molecule has 0 saturated heterocycles. The van der Waals surface area contributed by atoms with Crippen molar-refractivity contribution in [3.05, 3.63) is 47.3 Å². The molecule has 2 aromatic rings. The Bertz CT molecular complexity index is 548. The molecule has 0 radical (unpaired) electrons. The number of methoxy groups -OCH3 is 1. The van der Waals surface area contributed by atoms with Crippen molar-refractivity contribution in [1.82, 2.24) is 15.1 Å². The molecule has 1 unspecified atom stereocenters. The maximum Gasteiger partial charge on any atom is 0.161 e. The van der Waals surface area contributed by atoms with Gasteiger partial charge in [0, 0.05) is 7.05 Å². The first-order chi connectivity index (χ1) is 9.15. The Morgan fingerprint density at radius 3 is 2.84 bits per heavy atom. The van der Waals surface area contributed by atoms with Gasteiger partial charge in [-0.3, -0.25) is 4.68 Å². The minimum absolute atomic E-state index is 0.184. The standard InChI is InChI=1S/C15H21N3O/c1-11-6-5-7-12(8-11)9-13(16-2)15-14(19-4)10-17-18(15)3/h5-8,10,13,16H,9H2,1-4H3. The third-order valence-corrected chi connectivity index (χ3v) is 3.37. The summed E-state index contributed by atoms with van der Waals surface area (Å²) in [4.78, 5) is 0. The van der Waals surface area contributed by atoms with Crippen LogP contribution in [0.1, 0.15) is 22.9 Å². The predicted molar refractivity (Wildman–Crippen MR) is 76.4 cm³/mol. The second kappa shape index (κ2) is 5.89. The van der Waals surface area contributed by atoms with Gasteiger partial charge >= 0.3 is 0 Å². The molecule has 4 heteroatoms. The molecule has 19 heavy (non-hydrogen) atoms. The van der Waals surface area contributed by atoms with E-state index in [2.05, 4.69) is 41.6 Å². The van der Waals surface area contributed by atoms with Crippen LogP contribution in [0.2, 0.25) is 0 Å². The Morgan fingerprint density at radius 2 is 2.21 bits per heavy atom. The fraction of sp³-hybridized carbons (Fsp3) is 0.400. The van der Waals surface area contributed by atoms with Gasteiger partial charge in [0.1, 0.15) is 0 Å². The third kappa shape index (κ3) is 2.96. The first kappa shape index (κ1) is 13.6. The fourth-order valence-electron chi connectivity index (χ4n) is 2.39. The van der Waals surface area contributed by atoms with E-state index in [-0.39, 0.29) is 6.04 Å². The highest BCUT2D eigenvalue weighted by molar-refractivity contribution is 5.31. The van der Waals surface area contributed by atoms with Crippen LogP contribution in [-0.4, -0.2) is 23.9 Å². The Balaban J connectivity index is 2.27. The van der Waals surface area contributed by atoms with Crippen molar-refractivity contribution >= 4 is 0 Å². The summed E-state index contributed by atoms with van der Waals surface area (Å²) in [5.74, 6) is 0.828. The van der Waals surface area contributed by atoms with Gasteiger partial charge in [-0.2, -0.15) is 5.10 Å². The molecule has 0 amide bonds. The van der Waals surface area contributed by atoms with Crippen LogP contribution in [-0.2, 0) is 13.5 Å². The number of nitrogens with one attached hydrogen (secondary N) is 1. The van der Waals surface area contributed by atoms with Gasteiger partial charge in [-0.1, -0.05) is 29.8 Å². The summed E-state index contributed by atoms with van der Waals surface area (Å²) in [7, 11) is 5.59. The molecule has 2 rings (SSSR count). The van der Waals surface area contributed by atoms with Crippen LogP contribution in [0.4, 0.5) is 0 Å². The van der Waals surface area contributed by atoms with E-state index in [0.717, 1.165) is 17.9 Å². The second-order valence-corrected chi connectivity index (χ2v) is 4.76. The number of benzene rings is 1. The highest BCUT2D eigenvalue weighted by Crippen LogP contribution is 2.26. The lowest BCUT2D eigenvalue weighted by atomic mass is 10.0. The number of likely N-dealkylation sites (N-methyl/N-ethyl adjacent to an activating group) is 1. The van der Waals surface area contributed by atoms with Gasteiger partial charge in [0.25, 0.3) is 0 Å². The van der Waals surface area contributed by atoms with E-state index in [1.165, 1.54) is 11.1 Å². The minimum atomic E-state index is 0.184. The zero-order valence-corrected chi connectivity index (χ0v) is 12.0. The van der Waals surface area contributed by atoms with Crippen LogP contribution in [0.25, 0.3) is 0 Å². The number of aryl methyl sites for hydroxylation is 2. The van der Waals surface area contributed by atoms with Gasteiger partial charge in [0.15, 0.2) is 5.75 Å². The van der Waals surface area contributed by atoms with Crippen molar-refractivity contribution in [1.29, 1.82) is 0 Å². The summed E-state index contributed by atoms with van der Waals surface area (Å²) in [5.41, 5.74) is 3.67. The molecule has 1 N–H and O–H groups in total. The molecule has 1 aromatic carbocycles. The Hall–Kier alpha value is -1.81. The molecule has 4 nitrogen and oxygen atoms in total. The summed E-state index contributed by atoms with van der Waals surface area (Å²) < 4.78 is 7.26. The number of nitrogens with zero attached hydrogens (tertiary/aromatic N) is 2. The molecule has 1 atom stereocenters. The number of aromatic nitrogens is 2. The van der Waals surface area contributed by atoms with Gasteiger partial charge in [-0.15, -0.1) is 0 Å². The van der Waals surface area contributed by atoms with E-state index in [0.29, 0.717) is 0 Å². The molecular weight excluding hydrogens is 238 g/mol. The van der Waals surface area contributed by atoms with Gasteiger partial charge in [-0.25, -0.2) is 0 Å². The van der Waals surface area contributed by atoms with Gasteiger partial charge < -0.3 is 10.1 Å². The number of ether oxygens (including phenoxy) is 1. The molecule has 0 aliphatic rings. The van der Waals surface area contributed by atoms with Crippen LogP contribution in [0.5, 0.6) is 5.75 Å². The quantitative estimate of drug-likeness (QED) is 0.895. The SMILES string of the molecule is CNC(Cc1cccc(C)c1)c1c(OC)cnn1C. The van der Waals surface area contributed by atoms with Gasteiger partial charge in [0.2, 0.25) is 0 Å². The molecule has 0 aliphatic heterocycles. The molecule has 0 saturated carbocycles. The zero-order valence-electron chi connectivity index (χ0n) is 12.0. The average Bonchev–Trinajstić information content (AvgIpc) is 2.77. The third-order valence-electron chi connectivity index (χ3n) is 3.37. The van der Waals surface area contributed by atoms with E-state index in [9.17, 15) is 0 Å². The summed E-state index contributed by atoms with van der Waals surface area (Å²) in [6, 6.07) is 8.76. The van der Waals surface area contributed by atoms with Gasteiger partial charge in [0.05, 0.1) is 25.0 Å². The molecule has 0 bridgehead atoms. The lowest BCUT2D eigenvalue weighted by molar-refractivity contribution is 0.397. The van der Waals surface area contributed by atoms with E-state index in [1.807, 2.05) is 18.8 Å². The lowest BCUT2D eigenvalue weighted by Gasteiger charge is -2.18. The molecule has 0 spiro atoms. The van der Waals surface area contributed by atoms with E-state index in [4.69, 9.17) is 4.74 Å². The predicted octanol–water partition coefficient (Wildman–Crippen LogP) is 2.24. The Morgan fingerprint density at radius 1 is 1.42 bits per heavy atom. The number of hydrogen-bond acceptors (Lipinski definition) is 3. The normalized spacial score (nSPS) is 12.4. The maximum absolute atomic E-state index is 5.39. The lowest BCUT2D eigenvalue weighted by Crippen LogP contribution is -2.22. The molecule has 1 heterocycles. The van der Waals surface area contributed by atoms with Crippen LogP contribution in [0, 0.1) is 6.92 Å².